The van der Waals surface area contributed by atoms with Gasteiger partial charge in [0.2, 0.25) is 6.79 Å². The molecule has 1 heterocycles. The number of hydrogen-bond acceptors (Lipinski definition) is 4. The molecule has 5 aromatic carbocycles. The summed E-state index contributed by atoms with van der Waals surface area (Å²) in [7, 11) is 1.69. The van der Waals surface area contributed by atoms with Crippen molar-refractivity contribution >= 4 is 43.1 Å². The third-order valence-electron chi connectivity index (χ3n) is 6.35. The summed E-state index contributed by atoms with van der Waals surface area (Å²) in [5.74, 6) is 3.13. The molecule has 0 atom stereocenters. The highest BCUT2D eigenvalue weighted by molar-refractivity contribution is 6.31. The first-order valence-electron chi connectivity index (χ1n) is 11.1. The van der Waals surface area contributed by atoms with Gasteiger partial charge in [-0.1, -0.05) is 49.7 Å². The van der Waals surface area contributed by atoms with Gasteiger partial charge in [-0.15, -0.1) is 0 Å². The second-order valence-electron chi connectivity index (χ2n) is 8.21. The van der Waals surface area contributed by atoms with Crippen LogP contribution in [0.3, 0.4) is 0 Å². The van der Waals surface area contributed by atoms with Gasteiger partial charge in [0.15, 0.2) is 23.0 Å². The van der Waals surface area contributed by atoms with Crippen LogP contribution in [0.2, 0.25) is 0 Å². The van der Waals surface area contributed by atoms with Crippen LogP contribution in [0.15, 0.2) is 60.7 Å². The molecule has 1 aliphatic heterocycles. The van der Waals surface area contributed by atoms with E-state index in [0.29, 0.717) is 6.61 Å². The van der Waals surface area contributed by atoms with Crippen molar-refractivity contribution in [2.24, 2.45) is 0 Å². The number of rotatable bonds is 5. The lowest BCUT2D eigenvalue weighted by Gasteiger charge is -2.16. The Bertz CT molecular complexity index is 1500. The van der Waals surface area contributed by atoms with Gasteiger partial charge < -0.3 is 18.9 Å². The van der Waals surface area contributed by atoms with Crippen molar-refractivity contribution in [1.29, 1.82) is 0 Å². The topological polar surface area (TPSA) is 36.9 Å². The van der Waals surface area contributed by atoms with E-state index in [4.69, 9.17) is 18.9 Å². The summed E-state index contributed by atoms with van der Waals surface area (Å²) in [4.78, 5) is 0. The highest BCUT2D eigenvalue weighted by Gasteiger charge is 2.19. The molecule has 4 nitrogen and oxygen atoms in total. The molecule has 0 aromatic heterocycles. The van der Waals surface area contributed by atoms with Crippen LogP contribution < -0.4 is 18.9 Å². The van der Waals surface area contributed by atoms with Gasteiger partial charge in [-0.3, -0.25) is 0 Å². The Kier molecular flexibility index (Phi) is 4.46. The molecule has 160 valence electrons. The molecule has 1 aliphatic rings. The Morgan fingerprint density at radius 2 is 1.50 bits per heavy atom. The minimum absolute atomic E-state index is 0.259. The molecule has 0 N–H and O–H groups in total. The smallest absolute Gasteiger partial charge is 0.231 e. The van der Waals surface area contributed by atoms with E-state index >= 15 is 0 Å². The molecule has 0 unspecified atom stereocenters. The third-order valence-corrected chi connectivity index (χ3v) is 6.35. The molecular weight excluding hydrogens is 400 g/mol. The Balaban J connectivity index is 1.75. The standard InChI is InChI=1S/C28H24O4/c1-3-4-11-30-25-13-21-17(12-24(25)29-2)9-10-20-18-7-5-6-8-19(18)22-14-26-27(32-16-31-26)15-23(22)28(20)21/h5-10,12-15H,3-4,11,16H2,1-2H3. The second-order valence-corrected chi connectivity index (χ2v) is 8.21. The number of benzene rings is 5. The molecule has 0 amide bonds. The van der Waals surface area contributed by atoms with E-state index in [1.165, 1.54) is 21.5 Å². The maximum absolute atomic E-state index is 6.13. The monoisotopic (exact) mass is 424 g/mol. The van der Waals surface area contributed by atoms with Gasteiger partial charge in [-0.25, -0.2) is 0 Å². The average Bonchev–Trinajstić information content (AvgIpc) is 3.30. The fourth-order valence-corrected chi connectivity index (χ4v) is 4.77. The number of methoxy groups -OCH3 is 1. The lowest BCUT2D eigenvalue weighted by Crippen LogP contribution is -1.99. The maximum Gasteiger partial charge on any atom is 0.231 e. The summed E-state index contributed by atoms with van der Waals surface area (Å²) in [6.45, 7) is 3.09. The molecule has 0 fully saturated rings. The van der Waals surface area contributed by atoms with E-state index < -0.39 is 0 Å². The second kappa shape index (κ2) is 7.49. The predicted octanol–water partition coefficient (Wildman–Crippen LogP) is 7.22. The van der Waals surface area contributed by atoms with Crippen LogP contribution in [0, 0.1) is 0 Å². The predicted molar refractivity (Wildman–Crippen MR) is 130 cm³/mol. The maximum atomic E-state index is 6.13. The summed E-state index contributed by atoms with van der Waals surface area (Å²) < 4.78 is 23.2. The number of ether oxygens (including phenoxy) is 4. The number of fused-ring (bicyclic) bond motifs is 9. The van der Waals surface area contributed by atoms with E-state index in [1.807, 2.05) is 0 Å². The van der Waals surface area contributed by atoms with E-state index in [1.54, 1.807) is 7.11 Å². The van der Waals surface area contributed by atoms with Gasteiger partial charge in [0.1, 0.15) is 0 Å². The third kappa shape index (κ3) is 2.83. The summed E-state index contributed by atoms with van der Waals surface area (Å²) in [5, 5.41) is 9.41. The van der Waals surface area contributed by atoms with Crippen LogP contribution in [0.25, 0.3) is 43.1 Å². The molecule has 0 aliphatic carbocycles. The van der Waals surface area contributed by atoms with Crippen LogP contribution in [0.1, 0.15) is 19.8 Å². The molecule has 6 rings (SSSR count). The minimum atomic E-state index is 0.259. The first-order valence-corrected chi connectivity index (χ1v) is 11.1. The first-order chi connectivity index (χ1) is 15.8. The zero-order valence-electron chi connectivity index (χ0n) is 18.2. The molecule has 0 radical (unpaired) electrons. The quantitative estimate of drug-likeness (QED) is 0.221. The molecule has 0 spiro atoms. The van der Waals surface area contributed by atoms with E-state index in [-0.39, 0.29) is 6.79 Å². The molecular formula is C28H24O4. The van der Waals surface area contributed by atoms with Crippen molar-refractivity contribution in [2.75, 3.05) is 20.5 Å². The van der Waals surface area contributed by atoms with Gasteiger partial charge in [0.25, 0.3) is 0 Å². The highest BCUT2D eigenvalue weighted by Crippen LogP contribution is 2.45. The molecule has 5 aromatic rings. The van der Waals surface area contributed by atoms with Gasteiger partial charge in [0, 0.05) is 0 Å². The Hall–Kier alpha value is -3.66. The van der Waals surface area contributed by atoms with E-state index in [0.717, 1.165) is 57.4 Å². The zero-order chi connectivity index (χ0) is 21.7. The van der Waals surface area contributed by atoms with Crippen molar-refractivity contribution < 1.29 is 18.9 Å². The van der Waals surface area contributed by atoms with Crippen molar-refractivity contribution in [1.82, 2.24) is 0 Å². The summed E-state index contributed by atoms with van der Waals surface area (Å²) >= 11 is 0. The van der Waals surface area contributed by atoms with Gasteiger partial charge >= 0.3 is 0 Å². The fraction of sp³-hybridized carbons (Fsp3) is 0.214. The van der Waals surface area contributed by atoms with Crippen LogP contribution in [0.4, 0.5) is 0 Å². The number of hydrogen-bond donors (Lipinski definition) is 0. The molecule has 0 bridgehead atoms. The largest absolute Gasteiger partial charge is 0.493 e. The Morgan fingerprint density at radius 1 is 0.750 bits per heavy atom. The minimum Gasteiger partial charge on any atom is -0.493 e. The highest BCUT2D eigenvalue weighted by atomic mass is 16.7. The lowest BCUT2D eigenvalue weighted by atomic mass is 9.90. The summed E-state index contributed by atoms with van der Waals surface area (Å²) in [5.41, 5.74) is 0. The van der Waals surface area contributed by atoms with E-state index in [9.17, 15) is 0 Å². The molecule has 32 heavy (non-hydrogen) atoms. The fourth-order valence-electron chi connectivity index (χ4n) is 4.77. The van der Waals surface area contributed by atoms with Crippen molar-refractivity contribution in [3.05, 3.63) is 60.7 Å². The molecule has 0 saturated carbocycles. The van der Waals surface area contributed by atoms with Crippen LogP contribution in [0.5, 0.6) is 23.0 Å². The SMILES string of the molecule is CCCCOc1cc2c(ccc3c4ccccc4c4cc5c(cc4c23)OCO5)cc1OC. The molecule has 4 heteroatoms. The van der Waals surface area contributed by atoms with Crippen molar-refractivity contribution in [3.63, 3.8) is 0 Å². The van der Waals surface area contributed by atoms with Crippen LogP contribution >= 0.6 is 0 Å². The number of unbranched alkanes of at least 4 members (excludes halogenated alkanes) is 1. The molecule has 0 saturated heterocycles. The van der Waals surface area contributed by atoms with E-state index in [2.05, 4.69) is 67.6 Å². The van der Waals surface area contributed by atoms with Crippen molar-refractivity contribution in [3.8, 4) is 23.0 Å². The van der Waals surface area contributed by atoms with Crippen molar-refractivity contribution in [2.45, 2.75) is 19.8 Å². The van der Waals surface area contributed by atoms with Crippen LogP contribution in [-0.4, -0.2) is 20.5 Å². The van der Waals surface area contributed by atoms with Gasteiger partial charge in [0.05, 0.1) is 13.7 Å². The zero-order valence-corrected chi connectivity index (χ0v) is 18.2. The Morgan fingerprint density at radius 3 is 2.25 bits per heavy atom. The Labute approximate surface area is 186 Å². The lowest BCUT2D eigenvalue weighted by molar-refractivity contribution is 0.174. The average molecular weight is 424 g/mol. The summed E-state index contributed by atoms with van der Waals surface area (Å²) in [6.07, 6.45) is 2.09. The summed E-state index contributed by atoms with van der Waals surface area (Å²) in [6, 6.07) is 21.4. The van der Waals surface area contributed by atoms with Crippen LogP contribution in [-0.2, 0) is 0 Å². The normalized spacial score (nSPS) is 12.8. The van der Waals surface area contributed by atoms with Gasteiger partial charge in [-0.05, 0) is 73.8 Å². The van der Waals surface area contributed by atoms with Gasteiger partial charge in [-0.2, -0.15) is 0 Å². The first kappa shape index (κ1) is 19.1.